The molecule has 21 heavy (non-hydrogen) atoms. The van der Waals surface area contributed by atoms with Crippen molar-refractivity contribution in [1.82, 2.24) is 25.2 Å². The van der Waals surface area contributed by atoms with E-state index in [4.69, 9.17) is 9.26 Å². The van der Waals surface area contributed by atoms with Crippen molar-refractivity contribution in [2.45, 2.75) is 26.3 Å². The van der Waals surface area contributed by atoms with Gasteiger partial charge in [-0.3, -0.25) is 9.89 Å². The van der Waals surface area contributed by atoms with E-state index in [1.54, 1.807) is 17.9 Å². The number of carbonyl (C=O) groups excluding carboxylic acids is 1. The van der Waals surface area contributed by atoms with Gasteiger partial charge >= 0.3 is 0 Å². The van der Waals surface area contributed by atoms with Crippen LogP contribution < -0.4 is 0 Å². The molecule has 0 spiro atoms. The lowest BCUT2D eigenvalue weighted by atomic mass is 10.2. The summed E-state index contributed by atoms with van der Waals surface area (Å²) < 4.78 is 10.4. The predicted molar refractivity (Wildman–Crippen MR) is 71.6 cm³/mol. The fourth-order valence-corrected chi connectivity index (χ4v) is 2.31. The first-order valence-corrected chi connectivity index (χ1v) is 6.92. The van der Waals surface area contributed by atoms with Gasteiger partial charge in [-0.05, 0) is 12.5 Å². The smallest absolute Gasteiger partial charge is 0.275 e. The average molecular weight is 291 g/mol. The van der Waals surface area contributed by atoms with Crippen LogP contribution in [0.5, 0.6) is 0 Å². The second-order valence-corrected chi connectivity index (χ2v) is 4.89. The molecule has 1 amide bonds. The van der Waals surface area contributed by atoms with Gasteiger partial charge in [0.15, 0.2) is 5.82 Å². The molecule has 0 saturated carbocycles. The number of morpholine rings is 1. The molecule has 0 aromatic carbocycles. The van der Waals surface area contributed by atoms with E-state index in [-0.39, 0.29) is 11.9 Å². The third-order valence-corrected chi connectivity index (χ3v) is 3.46. The molecule has 0 radical (unpaired) electrons. The van der Waals surface area contributed by atoms with Gasteiger partial charge in [-0.25, -0.2) is 0 Å². The molecule has 3 rings (SSSR count). The molecular formula is C13H17N5O3. The van der Waals surface area contributed by atoms with Gasteiger partial charge in [0.05, 0.1) is 13.2 Å². The maximum atomic E-state index is 12.6. The molecule has 0 bridgehead atoms. The Morgan fingerprint density at radius 1 is 1.57 bits per heavy atom. The molecule has 3 heterocycles. The van der Waals surface area contributed by atoms with Gasteiger partial charge in [0, 0.05) is 19.2 Å². The van der Waals surface area contributed by atoms with Gasteiger partial charge in [0.1, 0.15) is 11.7 Å². The topological polar surface area (TPSA) is 97.1 Å². The normalized spacial score (nSPS) is 19.0. The fraction of sp³-hybridized carbons (Fsp3) is 0.538. The van der Waals surface area contributed by atoms with E-state index in [9.17, 15) is 4.79 Å². The molecule has 1 fully saturated rings. The lowest BCUT2D eigenvalue weighted by molar-refractivity contribution is -0.00607. The van der Waals surface area contributed by atoms with Crippen molar-refractivity contribution >= 4 is 5.91 Å². The minimum absolute atomic E-state index is 0.151. The summed E-state index contributed by atoms with van der Waals surface area (Å²) in [5.41, 5.74) is 1.33. The van der Waals surface area contributed by atoms with Crippen LogP contribution in [0.15, 0.2) is 10.6 Å². The van der Waals surface area contributed by atoms with Crippen LogP contribution in [0.1, 0.15) is 40.9 Å². The molecular weight excluding hydrogens is 274 g/mol. The van der Waals surface area contributed by atoms with Crippen molar-refractivity contribution in [1.29, 1.82) is 0 Å². The van der Waals surface area contributed by atoms with E-state index in [0.717, 1.165) is 12.1 Å². The van der Waals surface area contributed by atoms with Crippen LogP contribution in [-0.2, 0) is 11.2 Å². The summed E-state index contributed by atoms with van der Waals surface area (Å²) in [6.45, 7) is 5.04. The van der Waals surface area contributed by atoms with Crippen LogP contribution in [0.3, 0.4) is 0 Å². The number of hydrogen-bond acceptors (Lipinski definition) is 6. The lowest BCUT2D eigenvalue weighted by Gasteiger charge is -2.33. The summed E-state index contributed by atoms with van der Waals surface area (Å²) >= 11 is 0. The number of H-pyrrole nitrogens is 1. The van der Waals surface area contributed by atoms with Gasteiger partial charge in [0.25, 0.3) is 5.91 Å². The minimum Gasteiger partial charge on any atom is -0.377 e. The quantitative estimate of drug-likeness (QED) is 0.901. The molecule has 1 aliphatic rings. The highest BCUT2D eigenvalue weighted by Gasteiger charge is 2.33. The summed E-state index contributed by atoms with van der Waals surface area (Å²) in [5, 5.41) is 10.8. The first-order valence-electron chi connectivity index (χ1n) is 6.92. The number of nitrogens with one attached hydrogen (secondary N) is 1. The van der Waals surface area contributed by atoms with Gasteiger partial charge in [-0.15, -0.1) is 0 Å². The molecule has 1 atom stereocenters. The van der Waals surface area contributed by atoms with E-state index in [2.05, 4.69) is 20.3 Å². The predicted octanol–water partition coefficient (Wildman–Crippen LogP) is 0.877. The SMILES string of the molecule is CCc1cc(C(=O)N2CCOCC2c2noc(C)n2)n[nH]1. The summed E-state index contributed by atoms with van der Waals surface area (Å²) in [5.74, 6) is 0.782. The standard InChI is InChI=1S/C13H17N5O3/c1-3-9-6-10(16-15-9)13(19)18-4-5-20-7-11(18)12-14-8(2)21-17-12/h6,11H,3-5,7H2,1-2H3,(H,15,16). The van der Waals surface area contributed by atoms with Crippen molar-refractivity contribution in [3.63, 3.8) is 0 Å². The fourth-order valence-electron chi connectivity index (χ4n) is 2.31. The minimum atomic E-state index is -0.342. The first-order chi connectivity index (χ1) is 10.2. The molecule has 1 saturated heterocycles. The number of aromatic amines is 1. The Bertz CT molecular complexity index is 635. The Labute approximate surface area is 121 Å². The molecule has 1 aliphatic heterocycles. The highest BCUT2D eigenvalue weighted by atomic mass is 16.5. The van der Waals surface area contributed by atoms with Crippen molar-refractivity contribution in [3.8, 4) is 0 Å². The maximum absolute atomic E-state index is 12.6. The number of amides is 1. The van der Waals surface area contributed by atoms with Gasteiger partial charge < -0.3 is 14.2 Å². The molecule has 112 valence electrons. The molecule has 1 N–H and O–H groups in total. The lowest BCUT2D eigenvalue weighted by Crippen LogP contribution is -2.44. The number of aryl methyl sites for hydroxylation is 2. The highest BCUT2D eigenvalue weighted by molar-refractivity contribution is 5.92. The first kappa shape index (κ1) is 13.7. The Balaban J connectivity index is 1.85. The zero-order chi connectivity index (χ0) is 14.8. The van der Waals surface area contributed by atoms with Crippen molar-refractivity contribution < 1.29 is 14.1 Å². The number of aromatic nitrogens is 4. The van der Waals surface area contributed by atoms with Crippen LogP contribution in [0.25, 0.3) is 0 Å². The molecule has 0 aliphatic carbocycles. The van der Waals surface area contributed by atoms with Crippen LogP contribution in [0.4, 0.5) is 0 Å². The Morgan fingerprint density at radius 3 is 3.10 bits per heavy atom. The van der Waals surface area contributed by atoms with E-state index < -0.39 is 0 Å². The number of nitrogens with zero attached hydrogens (tertiary/aromatic N) is 4. The summed E-state index contributed by atoms with van der Waals surface area (Å²) in [7, 11) is 0. The summed E-state index contributed by atoms with van der Waals surface area (Å²) in [4.78, 5) is 18.5. The van der Waals surface area contributed by atoms with Crippen LogP contribution in [0, 0.1) is 6.92 Å². The molecule has 2 aromatic heterocycles. The van der Waals surface area contributed by atoms with Crippen LogP contribution in [0.2, 0.25) is 0 Å². The third kappa shape index (κ3) is 2.66. The number of hydrogen-bond donors (Lipinski definition) is 1. The Hall–Kier alpha value is -2.22. The zero-order valence-corrected chi connectivity index (χ0v) is 12.0. The molecule has 1 unspecified atom stereocenters. The van der Waals surface area contributed by atoms with E-state index in [1.165, 1.54) is 0 Å². The van der Waals surface area contributed by atoms with Crippen molar-refractivity contribution in [2.75, 3.05) is 19.8 Å². The molecule has 2 aromatic rings. The summed E-state index contributed by atoms with van der Waals surface area (Å²) in [6.07, 6.45) is 0.802. The average Bonchev–Trinajstić information content (AvgIpc) is 3.15. The number of rotatable bonds is 3. The second kappa shape index (κ2) is 5.65. The zero-order valence-electron chi connectivity index (χ0n) is 12.0. The van der Waals surface area contributed by atoms with Crippen molar-refractivity contribution in [3.05, 3.63) is 29.2 Å². The Morgan fingerprint density at radius 2 is 2.43 bits per heavy atom. The molecule has 8 heteroatoms. The number of carbonyl (C=O) groups is 1. The van der Waals surface area contributed by atoms with E-state index in [1.807, 2.05) is 6.92 Å². The van der Waals surface area contributed by atoms with Crippen molar-refractivity contribution in [2.24, 2.45) is 0 Å². The summed E-state index contributed by atoms with van der Waals surface area (Å²) in [6, 6.07) is 1.43. The second-order valence-electron chi connectivity index (χ2n) is 4.89. The van der Waals surface area contributed by atoms with Gasteiger partial charge in [-0.1, -0.05) is 12.1 Å². The van der Waals surface area contributed by atoms with E-state index in [0.29, 0.717) is 37.2 Å². The largest absolute Gasteiger partial charge is 0.377 e. The van der Waals surface area contributed by atoms with E-state index >= 15 is 0 Å². The van der Waals surface area contributed by atoms with Crippen LogP contribution >= 0.6 is 0 Å². The molecule has 8 nitrogen and oxygen atoms in total. The van der Waals surface area contributed by atoms with Gasteiger partial charge in [-0.2, -0.15) is 10.1 Å². The monoisotopic (exact) mass is 291 g/mol. The highest BCUT2D eigenvalue weighted by Crippen LogP contribution is 2.23. The maximum Gasteiger partial charge on any atom is 0.275 e. The van der Waals surface area contributed by atoms with Crippen LogP contribution in [-0.4, -0.2) is 50.9 Å². The van der Waals surface area contributed by atoms with Gasteiger partial charge in [0.2, 0.25) is 5.89 Å². The number of ether oxygens (including phenoxy) is 1. The third-order valence-electron chi connectivity index (χ3n) is 3.46. The Kier molecular flexibility index (Phi) is 3.70.